The molecule has 0 aliphatic rings. The molecular formula is C15H17Br2N5O2. The van der Waals surface area contributed by atoms with Crippen LogP contribution < -0.4 is 15.7 Å². The minimum Gasteiger partial charge on any atom is -0.495 e. The van der Waals surface area contributed by atoms with Gasteiger partial charge in [-0.3, -0.25) is 9.78 Å². The minimum atomic E-state index is -0.377. The number of nitrogens with zero attached hydrogens (tertiary/aromatic N) is 3. The summed E-state index contributed by atoms with van der Waals surface area (Å²) in [6, 6.07) is 3.73. The van der Waals surface area contributed by atoms with Crippen LogP contribution in [0.1, 0.15) is 32.0 Å². The molecule has 0 spiro atoms. The van der Waals surface area contributed by atoms with Crippen molar-refractivity contribution in [3.63, 3.8) is 0 Å². The van der Waals surface area contributed by atoms with E-state index in [0.29, 0.717) is 11.4 Å². The van der Waals surface area contributed by atoms with E-state index in [1.165, 1.54) is 0 Å². The van der Waals surface area contributed by atoms with E-state index in [-0.39, 0.29) is 16.9 Å². The van der Waals surface area contributed by atoms with Gasteiger partial charge in [0.25, 0.3) is 5.56 Å². The predicted molar refractivity (Wildman–Crippen MR) is 101 cm³/mol. The number of aromatic nitrogens is 3. The van der Waals surface area contributed by atoms with Crippen molar-refractivity contribution in [2.75, 3.05) is 12.5 Å². The highest BCUT2D eigenvalue weighted by molar-refractivity contribution is 9.11. The van der Waals surface area contributed by atoms with Crippen molar-refractivity contribution in [1.29, 1.82) is 0 Å². The van der Waals surface area contributed by atoms with Crippen LogP contribution in [0.15, 0.2) is 31.0 Å². The Kier molecular flexibility index (Phi) is 5.76. The van der Waals surface area contributed by atoms with E-state index in [1.807, 2.05) is 32.9 Å². The van der Waals surface area contributed by atoms with Crippen molar-refractivity contribution in [3.8, 4) is 5.75 Å². The molecule has 2 aromatic rings. The molecule has 0 amide bonds. The molecule has 0 saturated carbocycles. The van der Waals surface area contributed by atoms with Gasteiger partial charge < -0.3 is 4.74 Å². The summed E-state index contributed by atoms with van der Waals surface area (Å²) in [4.78, 5) is 14.6. The molecule has 2 rings (SSSR count). The number of benzene rings is 1. The average Bonchev–Trinajstić information content (AvgIpc) is 2.45. The molecule has 0 bridgehead atoms. The van der Waals surface area contributed by atoms with Crippen molar-refractivity contribution in [3.05, 3.63) is 42.7 Å². The van der Waals surface area contributed by atoms with Gasteiger partial charge in [0.15, 0.2) is 0 Å². The topological polar surface area (TPSA) is 92.3 Å². The third-order valence-corrected chi connectivity index (χ3v) is 4.07. The molecule has 0 saturated heterocycles. The number of methoxy groups -OCH3 is 1. The Morgan fingerprint density at radius 1 is 1.29 bits per heavy atom. The van der Waals surface area contributed by atoms with Crippen molar-refractivity contribution >= 4 is 44.0 Å². The lowest BCUT2D eigenvalue weighted by molar-refractivity contribution is 0.411. The molecule has 0 radical (unpaired) electrons. The van der Waals surface area contributed by atoms with Gasteiger partial charge in [0, 0.05) is 15.5 Å². The monoisotopic (exact) mass is 457 g/mol. The standard InChI is InChI=1S/C15H17Br2N5O2/c1-15(2,3)12-13(23)19-14(22-20-12)21-18-7-8-5-9(16)6-10(17)11(8)24-4/h5-7H,1-4H3,(H2,19,21,22,23)/b18-7+. The van der Waals surface area contributed by atoms with Crippen molar-refractivity contribution in [2.24, 2.45) is 5.10 Å². The van der Waals surface area contributed by atoms with E-state index in [9.17, 15) is 4.79 Å². The molecule has 1 aromatic carbocycles. The smallest absolute Gasteiger partial charge is 0.274 e. The zero-order chi connectivity index (χ0) is 17.9. The molecule has 2 N–H and O–H groups in total. The summed E-state index contributed by atoms with van der Waals surface area (Å²) in [6.07, 6.45) is 1.56. The van der Waals surface area contributed by atoms with Gasteiger partial charge in [-0.05, 0) is 28.1 Å². The van der Waals surface area contributed by atoms with E-state index in [0.717, 1.165) is 14.5 Å². The van der Waals surface area contributed by atoms with E-state index in [2.05, 4.69) is 57.6 Å². The van der Waals surface area contributed by atoms with Crippen LogP contribution in [-0.2, 0) is 5.41 Å². The van der Waals surface area contributed by atoms with Gasteiger partial charge >= 0.3 is 0 Å². The Hall–Kier alpha value is -1.74. The third-order valence-electron chi connectivity index (χ3n) is 3.02. The zero-order valence-corrected chi connectivity index (χ0v) is 16.8. The number of anilines is 1. The van der Waals surface area contributed by atoms with Crippen LogP contribution in [0.25, 0.3) is 0 Å². The number of halogens is 2. The molecule has 0 fully saturated rings. The Labute approximate surface area is 156 Å². The first kappa shape index (κ1) is 18.6. The van der Waals surface area contributed by atoms with E-state index >= 15 is 0 Å². The summed E-state index contributed by atoms with van der Waals surface area (Å²) in [5.41, 5.74) is 3.10. The lowest BCUT2D eigenvalue weighted by Gasteiger charge is -2.15. The largest absolute Gasteiger partial charge is 0.495 e. The summed E-state index contributed by atoms with van der Waals surface area (Å²) in [7, 11) is 1.58. The Morgan fingerprint density at radius 2 is 2.00 bits per heavy atom. The molecule has 128 valence electrons. The number of nitrogens with one attached hydrogen (secondary N) is 2. The number of H-pyrrole nitrogens is 1. The molecule has 0 aliphatic heterocycles. The van der Waals surface area contributed by atoms with Gasteiger partial charge in [-0.1, -0.05) is 36.7 Å². The molecular weight excluding hydrogens is 442 g/mol. The highest BCUT2D eigenvalue weighted by Gasteiger charge is 2.20. The van der Waals surface area contributed by atoms with Crippen LogP contribution in [0.4, 0.5) is 5.95 Å². The first-order valence-corrected chi connectivity index (χ1v) is 8.60. The maximum Gasteiger partial charge on any atom is 0.274 e. The van der Waals surface area contributed by atoms with Crippen LogP contribution >= 0.6 is 31.9 Å². The second kappa shape index (κ2) is 7.43. The van der Waals surface area contributed by atoms with Gasteiger partial charge in [-0.15, -0.1) is 10.2 Å². The van der Waals surface area contributed by atoms with Crippen LogP contribution in [0.2, 0.25) is 0 Å². The van der Waals surface area contributed by atoms with E-state index < -0.39 is 0 Å². The SMILES string of the molecule is COc1c(Br)cc(Br)cc1/C=N/Nc1nnc(C(C)(C)C)c(=O)[nH]1. The fraction of sp³-hybridized carbons (Fsp3) is 0.333. The van der Waals surface area contributed by atoms with Gasteiger partial charge in [-0.25, -0.2) is 5.43 Å². The van der Waals surface area contributed by atoms with Gasteiger partial charge in [-0.2, -0.15) is 5.10 Å². The van der Waals surface area contributed by atoms with Crippen LogP contribution in [0, 0.1) is 0 Å². The molecule has 0 unspecified atom stereocenters. The third kappa shape index (κ3) is 4.41. The van der Waals surface area contributed by atoms with Crippen molar-refractivity contribution in [1.82, 2.24) is 15.2 Å². The number of hydrogen-bond donors (Lipinski definition) is 2. The highest BCUT2D eigenvalue weighted by Crippen LogP contribution is 2.31. The maximum absolute atomic E-state index is 12.0. The molecule has 1 aromatic heterocycles. The number of hydrogen-bond acceptors (Lipinski definition) is 6. The van der Waals surface area contributed by atoms with Crippen LogP contribution in [0.5, 0.6) is 5.75 Å². The van der Waals surface area contributed by atoms with E-state index in [4.69, 9.17) is 4.74 Å². The molecule has 7 nitrogen and oxygen atoms in total. The average molecular weight is 459 g/mol. The summed E-state index contributed by atoms with van der Waals surface area (Å²) in [5.74, 6) is 0.809. The quantitative estimate of drug-likeness (QED) is 0.540. The van der Waals surface area contributed by atoms with Crippen LogP contribution in [-0.4, -0.2) is 28.5 Å². The summed E-state index contributed by atoms with van der Waals surface area (Å²) >= 11 is 6.84. The summed E-state index contributed by atoms with van der Waals surface area (Å²) in [6.45, 7) is 5.69. The molecule has 0 atom stereocenters. The lowest BCUT2D eigenvalue weighted by atomic mass is 9.93. The zero-order valence-electron chi connectivity index (χ0n) is 13.6. The van der Waals surface area contributed by atoms with Gasteiger partial charge in [0.05, 0.1) is 17.8 Å². The molecule has 24 heavy (non-hydrogen) atoms. The molecule has 1 heterocycles. The number of hydrazone groups is 1. The minimum absolute atomic E-state index is 0.164. The van der Waals surface area contributed by atoms with Crippen molar-refractivity contribution in [2.45, 2.75) is 26.2 Å². The fourth-order valence-electron chi connectivity index (χ4n) is 1.93. The summed E-state index contributed by atoms with van der Waals surface area (Å²) < 4.78 is 7.00. The van der Waals surface area contributed by atoms with Crippen molar-refractivity contribution < 1.29 is 4.74 Å². The fourth-order valence-corrected chi connectivity index (χ4v) is 3.35. The first-order chi connectivity index (χ1) is 11.2. The lowest BCUT2D eigenvalue weighted by Crippen LogP contribution is -2.28. The molecule has 0 aliphatic carbocycles. The Balaban J connectivity index is 2.21. The maximum atomic E-state index is 12.0. The Bertz CT molecular complexity index is 828. The number of rotatable bonds is 4. The van der Waals surface area contributed by atoms with Crippen LogP contribution in [0.3, 0.4) is 0 Å². The number of aromatic amines is 1. The number of ether oxygens (including phenoxy) is 1. The predicted octanol–water partition coefficient (Wildman–Crippen LogP) is 3.44. The normalized spacial score (nSPS) is 11.8. The Morgan fingerprint density at radius 3 is 2.58 bits per heavy atom. The molecule has 9 heteroatoms. The second-order valence-corrected chi connectivity index (χ2v) is 7.75. The first-order valence-electron chi connectivity index (χ1n) is 7.02. The highest BCUT2D eigenvalue weighted by atomic mass is 79.9. The van der Waals surface area contributed by atoms with Gasteiger partial charge in [0.1, 0.15) is 11.4 Å². The second-order valence-electron chi connectivity index (χ2n) is 5.98. The van der Waals surface area contributed by atoms with E-state index in [1.54, 1.807) is 13.3 Å². The van der Waals surface area contributed by atoms with Gasteiger partial charge in [0.2, 0.25) is 5.95 Å². The summed E-state index contributed by atoms with van der Waals surface area (Å²) in [5, 5.41) is 12.0.